The van der Waals surface area contributed by atoms with Crippen LogP contribution in [-0.4, -0.2) is 27.9 Å². The van der Waals surface area contributed by atoms with Gasteiger partial charge in [-0.15, -0.1) is 0 Å². The van der Waals surface area contributed by atoms with Crippen LogP contribution < -0.4 is 15.8 Å². The number of aromatic nitrogens is 2. The molecule has 1 N–H and O–H groups in total. The van der Waals surface area contributed by atoms with Crippen molar-refractivity contribution in [1.82, 2.24) is 9.55 Å². The number of benzene rings is 1. The summed E-state index contributed by atoms with van der Waals surface area (Å²) in [5.74, 6) is -2.26. The molecule has 164 valence electrons. The van der Waals surface area contributed by atoms with E-state index in [1.54, 1.807) is 45.3 Å². The van der Waals surface area contributed by atoms with Crippen molar-refractivity contribution in [1.29, 1.82) is 0 Å². The van der Waals surface area contributed by atoms with Gasteiger partial charge in [-0.1, -0.05) is 17.7 Å². The second-order valence-corrected chi connectivity index (χ2v) is 8.08. The summed E-state index contributed by atoms with van der Waals surface area (Å²) in [6.07, 6.45) is 1.57. The minimum Gasteiger partial charge on any atom is -0.324 e. The third-order valence-electron chi connectivity index (χ3n) is 5.60. The minimum atomic E-state index is -0.676. The van der Waals surface area contributed by atoms with Crippen LogP contribution in [0.3, 0.4) is 0 Å². The van der Waals surface area contributed by atoms with Gasteiger partial charge in [-0.2, -0.15) is 0 Å². The van der Waals surface area contributed by atoms with Crippen LogP contribution >= 0.6 is 11.6 Å². The van der Waals surface area contributed by atoms with Crippen molar-refractivity contribution in [2.45, 2.75) is 19.8 Å². The number of aryl methyl sites for hydroxylation is 1. The Morgan fingerprint density at radius 3 is 2.72 bits per heavy atom. The molecule has 4 rings (SSSR count). The Morgan fingerprint density at radius 2 is 2.00 bits per heavy atom. The molecule has 0 aliphatic carbocycles. The fourth-order valence-corrected chi connectivity index (χ4v) is 3.91. The molecule has 0 bridgehead atoms. The highest BCUT2D eigenvalue weighted by Crippen LogP contribution is 2.38. The Hall–Kier alpha value is -3.52. The van der Waals surface area contributed by atoms with Gasteiger partial charge in [0, 0.05) is 30.2 Å². The lowest BCUT2D eigenvalue weighted by Gasteiger charge is -2.25. The molecule has 0 fully saturated rings. The van der Waals surface area contributed by atoms with Crippen molar-refractivity contribution in [3.8, 4) is 11.1 Å². The number of carbonyl (C=O) groups excluding carboxylic acids is 2. The maximum Gasteiger partial charge on any atom is 0.260 e. The minimum absolute atomic E-state index is 0.0648. The van der Waals surface area contributed by atoms with E-state index in [1.165, 1.54) is 21.6 Å². The van der Waals surface area contributed by atoms with Crippen LogP contribution in [0.15, 0.2) is 47.4 Å². The second-order valence-electron chi connectivity index (χ2n) is 7.67. The molecule has 1 aliphatic rings. The summed E-state index contributed by atoms with van der Waals surface area (Å²) in [6.45, 7) is 3.08. The van der Waals surface area contributed by atoms with Crippen LogP contribution in [-0.2, 0) is 16.6 Å². The molecule has 0 saturated heterocycles. The first kappa shape index (κ1) is 21.7. The Morgan fingerprint density at radius 1 is 1.25 bits per heavy atom. The number of hydrogen-bond donors (Lipinski definition) is 1. The van der Waals surface area contributed by atoms with E-state index >= 15 is 0 Å². The van der Waals surface area contributed by atoms with Gasteiger partial charge in [0.1, 0.15) is 12.4 Å². The van der Waals surface area contributed by atoms with Crippen LogP contribution in [0.1, 0.15) is 24.2 Å². The lowest BCUT2D eigenvalue weighted by Crippen LogP contribution is -2.40. The second kappa shape index (κ2) is 8.20. The van der Waals surface area contributed by atoms with E-state index < -0.39 is 17.6 Å². The molecule has 1 aliphatic heterocycles. The molecule has 1 atom stereocenters. The van der Waals surface area contributed by atoms with E-state index in [4.69, 9.17) is 11.6 Å². The first-order valence-electron chi connectivity index (χ1n) is 9.91. The van der Waals surface area contributed by atoms with Gasteiger partial charge >= 0.3 is 0 Å². The number of pyridine rings is 2. The quantitative estimate of drug-likeness (QED) is 0.655. The third kappa shape index (κ3) is 3.67. The largest absolute Gasteiger partial charge is 0.324 e. The molecule has 1 aromatic carbocycles. The van der Waals surface area contributed by atoms with Crippen LogP contribution in [0.4, 0.5) is 15.8 Å². The number of anilines is 2. The predicted molar refractivity (Wildman–Crippen MR) is 120 cm³/mol. The first-order chi connectivity index (χ1) is 15.2. The zero-order chi connectivity index (χ0) is 23.2. The molecule has 7 nitrogen and oxygen atoms in total. The molecule has 2 amide bonds. The van der Waals surface area contributed by atoms with E-state index in [9.17, 15) is 18.8 Å². The summed E-state index contributed by atoms with van der Waals surface area (Å²) in [7, 11) is 1.65. The molecular formula is C23H20ClFN4O3. The highest BCUT2D eigenvalue weighted by Gasteiger charge is 2.35. The Labute approximate surface area is 188 Å². The summed E-state index contributed by atoms with van der Waals surface area (Å²) in [6, 6.07) is 9.05. The zero-order valence-corrected chi connectivity index (χ0v) is 18.4. The van der Waals surface area contributed by atoms with Gasteiger partial charge in [0.2, 0.25) is 11.8 Å². The van der Waals surface area contributed by atoms with Gasteiger partial charge < -0.3 is 14.8 Å². The SMILES string of the molecule is Cc1cc2c(c(=O)n1C)-c1cccnc1C(C)C(=O)N2CC(=O)Nc1ccc(Cl)c(F)c1. The molecule has 32 heavy (non-hydrogen) atoms. The fourth-order valence-electron chi connectivity index (χ4n) is 3.79. The summed E-state index contributed by atoms with van der Waals surface area (Å²) in [5.41, 5.74) is 2.23. The smallest absolute Gasteiger partial charge is 0.260 e. The molecule has 0 spiro atoms. The van der Waals surface area contributed by atoms with Crippen molar-refractivity contribution in [3.63, 3.8) is 0 Å². The van der Waals surface area contributed by atoms with Gasteiger partial charge in [0.25, 0.3) is 5.56 Å². The monoisotopic (exact) mass is 454 g/mol. The van der Waals surface area contributed by atoms with Crippen molar-refractivity contribution < 1.29 is 14.0 Å². The van der Waals surface area contributed by atoms with Crippen LogP contribution in [0.25, 0.3) is 11.1 Å². The highest BCUT2D eigenvalue weighted by atomic mass is 35.5. The molecular weight excluding hydrogens is 435 g/mol. The van der Waals surface area contributed by atoms with E-state index in [0.29, 0.717) is 28.2 Å². The zero-order valence-electron chi connectivity index (χ0n) is 17.6. The molecule has 0 saturated carbocycles. The van der Waals surface area contributed by atoms with Gasteiger partial charge in [0.05, 0.1) is 27.9 Å². The van der Waals surface area contributed by atoms with Gasteiger partial charge in [-0.05, 0) is 44.2 Å². The number of fused-ring (bicyclic) bond motifs is 3. The predicted octanol–water partition coefficient (Wildman–Crippen LogP) is 3.64. The van der Waals surface area contributed by atoms with Gasteiger partial charge in [-0.3, -0.25) is 19.4 Å². The average Bonchev–Trinajstić information content (AvgIpc) is 2.84. The molecule has 3 aromatic rings. The lowest BCUT2D eigenvalue weighted by atomic mass is 9.98. The lowest BCUT2D eigenvalue weighted by molar-refractivity contribution is -0.122. The van der Waals surface area contributed by atoms with E-state index in [-0.39, 0.29) is 28.7 Å². The molecule has 1 unspecified atom stereocenters. The highest BCUT2D eigenvalue weighted by molar-refractivity contribution is 6.30. The van der Waals surface area contributed by atoms with E-state index in [0.717, 1.165) is 6.07 Å². The van der Waals surface area contributed by atoms with E-state index in [2.05, 4.69) is 10.3 Å². The first-order valence-corrected chi connectivity index (χ1v) is 10.3. The summed E-state index contributed by atoms with van der Waals surface area (Å²) in [5, 5.41) is 2.51. The Balaban J connectivity index is 1.79. The van der Waals surface area contributed by atoms with Crippen molar-refractivity contribution in [2.24, 2.45) is 7.05 Å². The van der Waals surface area contributed by atoms with E-state index in [1.807, 2.05) is 0 Å². The Kier molecular flexibility index (Phi) is 5.56. The van der Waals surface area contributed by atoms with Crippen molar-refractivity contribution in [2.75, 3.05) is 16.8 Å². The van der Waals surface area contributed by atoms with Gasteiger partial charge in [-0.25, -0.2) is 4.39 Å². The maximum absolute atomic E-state index is 13.7. The molecule has 3 heterocycles. The van der Waals surface area contributed by atoms with Crippen LogP contribution in [0, 0.1) is 12.7 Å². The number of amides is 2. The normalized spacial score (nSPS) is 15.1. The summed E-state index contributed by atoms with van der Waals surface area (Å²) < 4.78 is 15.2. The number of nitrogens with zero attached hydrogens (tertiary/aromatic N) is 3. The van der Waals surface area contributed by atoms with Gasteiger partial charge in [0.15, 0.2) is 0 Å². The summed E-state index contributed by atoms with van der Waals surface area (Å²) in [4.78, 5) is 45.0. The summed E-state index contributed by atoms with van der Waals surface area (Å²) >= 11 is 5.69. The van der Waals surface area contributed by atoms with Crippen molar-refractivity contribution in [3.05, 3.63) is 75.2 Å². The maximum atomic E-state index is 13.7. The Bertz CT molecular complexity index is 1320. The molecule has 2 aromatic heterocycles. The standard InChI is InChI=1S/C23H20ClFN4O3/c1-12-9-18-20(23(32)28(12)3)15-5-4-8-26-21(15)13(2)22(31)29(18)11-19(30)27-14-6-7-16(24)17(25)10-14/h4-10,13H,11H2,1-3H3,(H,27,30). The average molecular weight is 455 g/mol. The number of halogens is 2. The molecule has 0 radical (unpaired) electrons. The third-order valence-corrected chi connectivity index (χ3v) is 5.91. The fraction of sp³-hybridized carbons (Fsp3) is 0.217. The number of hydrogen-bond acceptors (Lipinski definition) is 4. The number of nitrogens with one attached hydrogen (secondary N) is 1. The van der Waals surface area contributed by atoms with Crippen molar-refractivity contribution >= 4 is 34.8 Å². The van der Waals surface area contributed by atoms with Crippen LogP contribution in [0.2, 0.25) is 5.02 Å². The van der Waals surface area contributed by atoms with Crippen LogP contribution in [0.5, 0.6) is 0 Å². The topological polar surface area (TPSA) is 84.3 Å². The number of rotatable bonds is 3. The number of carbonyl (C=O) groups is 2. The molecule has 9 heteroatoms.